The van der Waals surface area contributed by atoms with E-state index in [0.717, 1.165) is 0 Å². The number of carbonyl (C=O) groups is 1. The van der Waals surface area contributed by atoms with E-state index in [-0.39, 0.29) is 0 Å². The molecule has 0 aliphatic carbocycles. The molecule has 2 nitrogen and oxygen atoms in total. The van der Waals surface area contributed by atoms with E-state index in [1.54, 1.807) is 6.07 Å². The van der Waals surface area contributed by atoms with Crippen molar-refractivity contribution in [3.05, 3.63) is 35.9 Å². The van der Waals surface area contributed by atoms with Crippen LogP contribution >= 0.6 is 11.6 Å². The van der Waals surface area contributed by atoms with Gasteiger partial charge in [0, 0.05) is 6.54 Å². The van der Waals surface area contributed by atoms with Crippen molar-refractivity contribution in [2.24, 2.45) is 0 Å². The van der Waals surface area contributed by atoms with Crippen LogP contribution in [0.3, 0.4) is 0 Å². The Morgan fingerprint density at radius 3 is 2.00 bits per heavy atom. The Morgan fingerprint density at radius 1 is 1.05 bits per heavy atom. The SMILES string of the molecule is O=C(NCc1ccccc1)C(F)(F)C(F)(F)C(F)(F)Cl. The molecule has 9 heteroatoms. The molecule has 0 saturated heterocycles. The lowest BCUT2D eigenvalue weighted by Gasteiger charge is -2.28. The fourth-order valence-corrected chi connectivity index (χ4v) is 1.33. The van der Waals surface area contributed by atoms with Gasteiger partial charge in [-0.25, -0.2) is 0 Å². The highest BCUT2D eigenvalue weighted by Gasteiger charge is 2.74. The Balaban J connectivity index is 2.80. The third-order valence-corrected chi connectivity index (χ3v) is 2.57. The summed E-state index contributed by atoms with van der Waals surface area (Å²) < 4.78 is 76.3. The molecule has 0 aliphatic heterocycles. The van der Waals surface area contributed by atoms with Crippen LogP contribution in [0.2, 0.25) is 0 Å². The van der Waals surface area contributed by atoms with E-state index in [1.807, 2.05) is 0 Å². The van der Waals surface area contributed by atoms with E-state index in [1.165, 1.54) is 29.6 Å². The molecule has 1 aromatic carbocycles. The quantitative estimate of drug-likeness (QED) is 0.654. The van der Waals surface area contributed by atoms with Crippen molar-refractivity contribution in [3.63, 3.8) is 0 Å². The van der Waals surface area contributed by atoms with Gasteiger partial charge < -0.3 is 5.32 Å². The fourth-order valence-electron chi connectivity index (χ4n) is 1.21. The average Bonchev–Trinajstić information content (AvgIpc) is 2.35. The van der Waals surface area contributed by atoms with Gasteiger partial charge in [0.1, 0.15) is 0 Å². The third kappa shape index (κ3) is 3.17. The molecule has 0 fully saturated rings. The van der Waals surface area contributed by atoms with Crippen molar-refractivity contribution in [2.75, 3.05) is 0 Å². The maximum atomic E-state index is 13.1. The largest absolute Gasteiger partial charge is 0.395 e. The van der Waals surface area contributed by atoms with Gasteiger partial charge in [0.05, 0.1) is 0 Å². The van der Waals surface area contributed by atoms with E-state index in [0.29, 0.717) is 5.56 Å². The fraction of sp³-hybridized carbons (Fsp3) is 0.364. The molecule has 1 rings (SSSR count). The third-order valence-electron chi connectivity index (χ3n) is 2.33. The van der Waals surface area contributed by atoms with Crippen molar-refractivity contribution >= 4 is 17.5 Å². The highest BCUT2D eigenvalue weighted by atomic mass is 35.5. The number of carbonyl (C=O) groups excluding carboxylic acids is 1. The summed E-state index contributed by atoms with van der Waals surface area (Å²) in [5.74, 6) is -14.2. The van der Waals surface area contributed by atoms with Crippen molar-refractivity contribution < 1.29 is 31.1 Å². The Morgan fingerprint density at radius 2 is 1.55 bits per heavy atom. The summed E-state index contributed by atoms with van der Waals surface area (Å²) in [6, 6.07) is 7.48. The summed E-state index contributed by atoms with van der Waals surface area (Å²) >= 11 is 3.93. The second-order valence-corrected chi connectivity index (χ2v) is 4.29. The summed E-state index contributed by atoms with van der Waals surface area (Å²) in [5, 5.41) is -4.10. The van der Waals surface area contributed by atoms with Crippen LogP contribution in [0.1, 0.15) is 5.56 Å². The van der Waals surface area contributed by atoms with Crippen LogP contribution in [0.4, 0.5) is 26.3 Å². The number of hydrogen-bond donors (Lipinski definition) is 1. The van der Waals surface area contributed by atoms with Crippen molar-refractivity contribution in [3.8, 4) is 0 Å². The van der Waals surface area contributed by atoms with Crippen LogP contribution in [0.15, 0.2) is 30.3 Å². The topological polar surface area (TPSA) is 29.1 Å². The molecule has 0 radical (unpaired) electrons. The summed E-state index contributed by atoms with van der Waals surface area (Å²) in [7, 11) is 0. The number of hydrogen-bond acceptors (Lipinski definition) is 1. The summed E-state index contributed by atoms with van der Waals surface area (Å²) in [5.41, 5.74) is 0.331. The van der Waals surface area contributed by atoms with Gasteiger partial charge in [-0.15, -0.1) is 0 Å². The van der Waals surface area contributed by atoms with Gasteiger partial charge >= 0.3 is 17.2 Å². The number of benzene rings is 1. The molecule has 112 valence electrons. The molecule has 0 aliphatic rings. The van der Waals surface area contributed by atoms with Gasteiger partial charge in [-0.1, -0.05) is 30.3 Å². The molecule has 0 unspecified atom stereocenters. The molecule has 1 N–H and O–H groups in total. The molecule has 20 heavy (non-hydrogen) atoms. The number of rotatable bonds is 5. The lowest BCUT2D eigenvalue weighted by Crippen LogP contribution is -2.58. The van der Waals surface area contributed by atoms with Crippen LogP contribution in [-0.4, -0.2) is 23.1 Å². The van der Waals surface area contributed by atoms with Gasteiger partial charge in [-0.2, -0.15) is 26.3 Å². The molecule has 0 bridgehead atoms. The molecular formula is C11H8ClF6NO. The molecule has 0 aromatic heterocycles. The lowest BCUT2D eigenvalue weighted by molar-refractivity contribution is -0.269. The summed E-state index contributed by atoms with van der Waals surface area (Å²) in [4.78, 5) is 11.0. The first-order valence-corrected chi connectivity index (χ1v) is 5.52. The highest BCUT2D eigenvalue weighted by molar-refractivity contribution is 6.22. The van der Waals surface area contributed by atoms with Crippen molar-refractivity contribution in [1.29, 1.82) is 0 Å². The van der Waals surface area contributed by atoms with Crippen molar-refractivity contribution in [1.82, 2.24) is 5.32 Å². The zero-order valence-corrected chi connectivity index (χ0v) is 10.4. The van der Waals surface area contributed by atoms with E-state index in [2.05, 4.69) is 11.6 Å². The first kappa shape index (κ1) is 16.6. The monoisotopic (exact) mass is 319 g/mol. The average molecular weight is 320 g/mol. The minimum atomic E-state index is -6.01. The van der Waals surface area contributed by atoms with Crippen LogP contribution < -0.4 is 5.32 Å². The predicted molar refractivity (Wildman–Crippen MR) is 59.0 cm³/mol. The zero-order valence-electron chi connectivity index (χ0n) is 9.65. The minimum absolute atomic E-state index is 0.331. The zero-order chi connectivity index (χ0) is 15.6. The minimum Gasteiger partial charge on any atom is -0.347 e. The van der Waals surface area contributed by atoms with E-state index < -0.39 is 29.7 Å². The number of nitrogens with one attached hydrogen (secondary N) is 1. The molecule has 0 spiro atoms. The van der Waals surface area contributed by atoms with Crippen LogP contribution in [0.25, 0.3) is 0 Å². The van der Waals surface area contributed by atoms with E-state index >= 15 is 0 Å². The molecular weight excluding hydrogens is 312 g/mol. The van der Waals surface area contributed by atoms with E-state index in [9.17, 15) is 31.1 Å². The predicted octanol–water partition coefficient (Wildman–Crippen LogP) is 3.41. The smallest absolute Gasteiger partial charge is 0.347 e. The Bertz CT molecular complexity index is 474. The van der Waals surface area contributed by atoms with E-state index in [4.69, 9.17) is 0 Å². The van der Waals surface area contributed by atoms with Crippen LogP contribution in [-0.2, 0) is 11.3 Å². The Kier molecular flexibility index (Phi) is 4.58. The molecule has 0 atom stereocenters. The molecule has 0 heterocycles. The normalized spacial score (nSPS) is 13.2. The second kappa shape index (κ2) is 5.51. The van der Waals surface area contributed by atoms with Gasteiger partial charge in [0.25, 0.3) is 5.91 Å². The number of amides is 1. The van der Waals surface area contributed by atoms with Gasteiger partial charge in [-0.05, 0) is 17.2 Å². The molecule has 1 aromatic rings. The number of halogens is 7. The Labute approximate surface area is 114 Å². The highest BCUT2D eigenvalue weighted by Crippen LogP contribution is 2.47. The Hall–Kier alpha value is -1.44. The van der Waals surface area contributed by atoms with Gasteiger partial charge in [0.15, 0.2) is 0 Å². The van der Waals surface area contributed by atoms with Gasteiger partial charge in [-0.3, -0.25) is 4.79 Å². The maximum Gasteiger partial charge on any atom is 0.395 e. The lowest BCUT2D eigenvalue weighted by atomic mass is 10.1. The summed E-state index contributed by atoms with van der Waals surface area (Å²) in [6.45, 7) is -0.515. The first-order valence-electron chi connectivity index (χ1n) is 5.14. The first-order chi connectivity index (χ1) is 9.00. The van der Waals surface area contributed by atoms with Gasteiger partial charge in [0.2, 0.25) is 0 Å². The van der Waals surface area contributed by atoms with Crippen molar-refractivity contribution in [2.45, 2.75) is 23.8 Å². The standard InChI is InChI=1S/C11H8ClF6NO/c12-11(17,18)10(15,16)9(13,14)8(20)19-6-7-4-2-1-3-5-7/h1-5H,6H2,(H,19,20). The number of alkyl halides is 7. The van der Waals surface area contributed by atoms with Crippen LogP contribution in [0.5, 0.6) is 0 Å². The maximum absolute atomic E-state index is 13.1. The summed E-state index contributed by atoms with van der Waals surface area (Å²) in [6.07, 6.45) is 0. The molecule has 0 saturated carbocycles. The van der Waals surface area contributed by atoms with Crippen LogP contribution in [0, 0.1) is 0 Å². The second-order valence-electron chi connectivity index (χ2n) is 3.81. The molecule has 1 amide bonds.